The van der Waals surface area contributed by atoms with E-state index < -0.39 is 0 Å². The van der Waals surface area contributed by atoms with Crippen molar-refractivity contribution < 1.29 is 14.3 Å². The highest BCUT2D eigenvalue weighted by Crippen LogP contribution is 2.14. The predicted molar refractivity (Wildman–Crippen MR) is 93.6 cm³/mol. The Morgan fingerprint density at radius 1 is 1.09 bits per heavy atom. The first kappa shape index (κ1) is 17.1. The summed E-state index contributed by atoms with van der Waals surface area (Å²) < 4.78 is 4.95. The molecule has 120 valence electrons. The van der Waals surface area contributed by atoms with Gasteiger partial charge in [0.05, 0.1) is 17.9 Å². The van der Waals surface area contributed by atoms with E-state index in [1.54, 1.807) is 43.0 Å². The average molecular weight is 329 g/mol. The van der Waals surface area contributed by atoms with E-state index in [0.29, 0.717) is 23.6 Å². The standard InChI is InChI=1S/C18H19NO3S/c1-2-22-18(21)15-9-6-10-16(11-15)19-17(20)13-23-12-14-7-4-3-5-8-14/h3-11H,2,12-13H2,1H3,(H,19,20). The normalized spacial score (nSPS) is 10.1. The molecule has 0 saturated carbocycles. The van der Waals surface area contributed by atoms with Crippen molar-refractivity contribution in [2.75, 3.05) is 17.7 Å². The predicted octanol–water partition coefficient (Wildman–Crippen LogP) is 3.74. The molecule has 0 unspecified atom stereocenters. The minimum atomic E-state index is -0.387. The van der Waals surface area contributed by atoms with Gasteiger partial charge in [-0.05, 0) is 30.7 Å². The number of carbonyl (C=O) groups excluding carboxylic acids is 2. The van der Waals surface area contributed by atoms with Crippen LogP contribution in [0.15, 0.2) is 54.6 Å². The van der Waals surface area contributed by atoms with Gasteiger partial charge in [0.1, 0.15) is 0 Å². The molecule has 0 fully saturated rings. The molecule has 0 radical (unpaired) electrons. The Hall–Kier alpha value is -2.27. The lowest BCUT2D eigenvalue weighted by atomic mass is 10.2. The van der Waals surface area contributed by atoms with Crippen molar-refractivity contribution in [1.29, 1.82) is 0 Å². The molecule has 5 heteroatoms. The lowest BCUT2D eigenvalue weighted by molar-refractivity contribution is -0.113. The first-order valence-corrected chi connectivity index (χ1v) is 8.53. The molecule has 0 bridgehead atoms. The number of benzene rings is 2. The molecule has 0 heterocycles. The second kappa shape index (κ2) is 9.00. The minimum Gasteiger partial charge on any atom is -0.462 e. The third-order valence-corrected chi connectivity index (χ3v) is 4.01. The fourth-order valence-corrected chi connectivity index (χ4v) is 2.76. The summed E-state index contributed by atoms with van der Waals surface area (Å²) in [6.07, 6.45) is 0. The van der Waals surface area contributed by atoms with Crippen molar-refractivity contribution in [2.24, 2.45) is 0 Å². The molecule has 0 aromatic heterocycles. The van der Waals surface area contributed by atoms with Crippen LogP contribution in [0.3, 0.4) is 0 Å². The molecule has 2 aromatic carbocycles. The number of rotatable bonds is 7. The van der Waals surface area contributed by atoms with E-state index >= 15 is 0 Å². The van der Waals surface area contributed by atoms with Crippen molar-refractivity contribution in [3.8, 4) is 0 Å². The van der Waals surface area contributed by atoms with Gasteiger partial charge in [-0.25, -0.2) is 4.79 Å². The molecule has 23 heavy (non-hydrogen) atoms. The summed E-state index contributed by atoms with van der Waals surface area (Å²) in [6, 6.07) is 16.8. The number of thioether (sulfide) groups is 1. The summed E-state index contributed by atoms with van der Waals surface area (Å²) in [7, 11) is 0. The van der Waals surface area contributed by atoms with Gasteiger partial charge in [-0.15, -0.1) is 11.8 Å². The third kappa shape index (κ3) is 5.79. The second-order valence-corrected chi connectivity index (χ2v) is 5.81. The maximum atomic E-state index is 12.0. The lowest BCUT2D eigenvalue weighted by Gasteiger charge is -2.07. The maximum absolute atomic E-state index is 12.0. The molecule has 0 spiro atoms. The average Bonchev–Trinajstić information content (AvgIpc) is 2.56. The van der Waals surface area contributed by atoms with Crippen molar-refractivity contribution in [3.05, 3.63) is 65.7 Å². The Bertz CT molecular complexity index is 658. The van der Waals surface area contributed by atoms with Crippen LogP contribution in [0, 0.1) is 0 Å². The maximum Gasteiger partial charge on any atom is 0.338 e. The van der Waals surface area contributed by atoms with E-state index in [0.717, 1.165) is 5.75 Å². The van der Waals surface area contributed by atoms with E-state index in [1.807, 2.05) is 30.3 Å². The van der Waals surface area contributed by atoms with E-state index in [9.17, 15) is 9.59 Å². The summed E-state index contributed by atoms with van der Waals surface area (Å²) >= 11 is 1.55. The molecule has 0 aliphatic heterocycles. The second-order valence-electron chi connectivity index (χ2n) is 4.83. The van der Waals surface area contributed by atoms with Crippen molar-refractivity contribution in [3.63, 3.8) is 0 Å². The zero-order valence-corrected chi connectivity index (χ0v) is 13.8. The van der Waals surface area contributed by atoms with Crippen LogP contribution in [-0.2, 0) is 15.3 Å². The molecule has 2 aromatic rings. The number of ether oxygens (including phenoxy) is 1. The van der Waals surface area contributed by atoms with Gasteiger partial charge in [-0.1, -0.05) is 36.4 Å². The Labute approximate surface area is 140 Å². The Morgan fingerprint density at radius 2 is 1.87 bits per heavy atom. The molecule has 4 nitrogen and oxygen atoms in total. The number of hydrogen-bond acceptors (Lipinski definition) is 4. The van der Waals surface area contributed by atoms with E-state index in [1.165, 1.54) is 5.56 Å². The smallest absolute Gasteiger partial charge is 0.338 e. The van der Waals surface area contributed by atoms with E-state index in [2.05, 4.69) is 5.32 Å². The molecule has 0 atom stereocenters. The summed E-state index contributed by atoms with van der Waals surface area (Å²) in [5.41, 5.74) is 2.22. The first-order valence-electron chi connectivity index (χ1n) is 7.37. The van der Waals surface area contributed by atoms with Crippen LogP contribution in [0.4, 0.5) is 5.69 Å². The van der Waals surface area contributed by atoms with Gasteiger partial charge >= 0.3 is 5.97 Å². The number of hydrogen-bond donors (Lipinski definition) is 1. The highest BCUT2D eigenvalue weighted by molar-refractivity contribution is 7.99. The molecule has 0 aliphatic carbocycles. The van der Waals surface area contributed by atoms with E-state index in [-0.39, 0.29) is 11.9 Å². The van der Waals surface area contributed by atoms with Gasteiger partial charge in [0, 0.05) is 11.4 Å². The monoisotopic (exact) mass is 329 g/mol. The van der Waals surface area contributed by atoms with Gasteiger partial charge in [0.2, 0.25) is 5.91 Å². The van der Waals surface area contributed by atoms with Gasteiger partial charge < -0.3 is 10.1 Å². The third-order valence-electron chi connectivity index (χ3n) is 3.00. The van der Waals surface area contributed by atoms with Gasteiger partial charge in [0.15, 0.2) is 0 Å². The molecular formula is C18H19NO3S. The zero-order valence-electron chi connectivity index (χ0n) is 13.0. The van der Waals surface area contributed by atoms with Crippen LogP contribution < -0.4 is 5.32 Å². The van der Waals surface area contributed by atoms with Crippen molar-refractivity contribution >= 4 is 29.3 Å². The zero-order chi connectivity index (χ0) is 16.5. The Morgan fingerprint density at radius 3 is 2.61 bits per heavy atom. The highest BCUT2D eigenvalue weighted by Gasteiger charge is 2.08. The van der Waals surface area contributed by atoms with Crippen LogP contribution in [0.2, 0.25) is 0 Å². The van der Waals surface area contributed by atoms with Crippen molar-refractivity contribution in [2.45, 2.75) is 12.7 Å². The lowest BCUT2D eigenvalue weighted by Crippen LogP contribution is -2.14. The molecule has 0 saturated heterocycles. The fourth-order valence-electron chi connectivity index (χ4n) is 1.97. The molecule has 2 rings (SSSR count). The summed E-state index contributed by atoms with van der Waals surface area (Å²) in [4.78, 5) is 23.6. The number of amides is 1. The van der Waals surface area contributed by atoms with Crippen LogP contribution in [0.5, 0.6) is 0 Å². The number of nitrogens with one attached hydrogen (secondary N) is 1. The topological polar surface area (TPSA) is 55.4 Å². The Balaban J connectivity index is 1.83. The summed E-state index contributed by atoms with van der Waals surface area (Å²) in [5.74, 6) is 0.671. The number of anilines is 1. The SMILES string of the molecule is CCOC(=O)c1cccc(NC(=O)CSCc2ccccc2)c1. The largest absolute Gasteiger partial charge is 0.462 e. The van der Waals surface area contributed by atoms with E-state index in [4.69, 9.17) is 4.74 Å². The molecule has 1 N–H and O–H groups in total. The fraction of sp³-hybridized carbons (Fsp3) is 0.222. The summed E-state index contributed by atoms with van der Waals surface area (Å²) in [6.45, 7) is 2.08. The van der Waals surface area contributed by atoms with Crippen LogP contribution in [-0.4, -0.2) is 24.2 Å². The van der Waals surface area contributed by atoms with Gasteiger partial charge in [-0.2, -0.15) is 0 Å². The summed E-state index contributed by atoms with van der Waals surface area (Å²) in [5, 5.41) is 2.80. The van der Waals surface area contributed by atoms with Gasteiger partial charge in [-0.3, -0.25) is 4.79 Å². The molecule has 1 amide bonds. The van der Waals surface area contributed by atoms with Gasteiger partial charge in [0.25, 0.3) is 0 Å². The van der Waals surface area contributed by atoms with Crippen LogP contribution in [0.1, 0.15) is 22.8 Å². The number of esters is 1. The first-order chi connectivity index (χ1) is 11.2. The quantitative estimate of drug-likeness (QED) is 0.786. The molecular weight excluding hydrogens is 310 g/mol. The Kier molecular flexibility index (Phi) is 6.69. The molecule has 0 aliphatic rings. The number of carbonyl (C=O) groups is 2. The van der Waals surface area contributed by atoms with Crippen molar-refractivity contribution in [1.82, 2.24) is 0 Å². The van der Waals surface area contributed by atoms with Crippen LogP contribution >= 0.6 is 11.8 Å². The highest BCUT2D eigenvalue weighted by atomic mass is 32.2. The van der Waals surface area contributed by atoms with Crippen LogP contribution in [0.25, 0.3) is 0 Å². The minimum absolute atomic E-state index is 0.0908.